The Morgan fingerprint density at radius 1 is 1.15 bits per heavy atom. The van der Waals surface area contributed by atoms with Crippen molar-refractivity contribution in [3.8, 4) is 0 Å². The van der Waals surface area contributed by atoms with Crippen molar-refractivity contribution in [1.82, 2.24) is 20.4 Å². The van der Waals surface area contributed by atoms with Crippen LogP contribution in [0.2, 0.25) is 0 Å². The molecule has 0 bridgehead atoms. The summed E-state index contributed by atoms with van der Waals surface area (Å²) in [6.07, 6.45) is 5.77. The van der Waals surface area contributed by atoms with Crippen LogP contribution in [0, 0.1) is 17.5 Å². The largest absolute Gasteiger partial charge is 0.376 e. The minimum absolute atomic E-state index is 0.0682. The van der Waals surface area contributed by atoms with E-state index in [1.54, 1.807) is 6.20 Å². The van der Waals surface area contributed by atoms with Crippen molar-refractivity contribution in [3.05, 3.63) is 53.1 Å². The molecule has 2 fully saturated rings. The van der Waals surface area contributed by atoms with Crippen LogP contribution in [0.4, 0.5) is 18.0 Å². The summed E-state index contributed by atoms with van der Waals surface area (Å²) in [4.78, 5) is 14.5. The molecule has 0 spiro atoms. The highest BCUT2D eigenvalue weighted by molar-refractivity contribution is 5.74. The first-order valence-electron chi connectivity index (χ1n) is 11.8. The second-order valence-corrected chi connectivity index (χ2v) is 8.92. The molecular weight excluding hydrogens is 433 g/mol. The average molecular weight is 465 g/mol. The van der Waals surface area contributed by atoms with Gasteiger partial charge in [-0.1, -0.05) is 0 Å². The van der Waals surface area contributed by atoms with Crippen LogP contribution in [0.15, 0.2) is 24.4 Å². The number of H-pyrrole nitrogens is 1. The van der Waals surface area contributed by atoms with Crippen molar-refractivity contribution in [2.45, 2.75) is 69.4 Å². The van der Waals surface area contributed by atoms with Gasteiger partial charge in [0.1, 0.15) is 5.82 Å². The SMILES string of the molecule is CCNC(=O)N1CCCC(c2ccn[nH]2)C1COC1CCC(c2c(F)ccc(F)c2F)CC1. The Morgan fingerprint density at radius 3 is 2.61 bits per heavy atom. The van der Waals surface area contributed by atoms with Gasteiger partial charge in [-0.05, 0) is 69.6 Å². The third kappa shape index (κ3) is 5.18. The van der Waals surface area contributed by atoms with Crippen LogP contribution in [0.5, 0.6) is 0 Å². The molecule has 2 atom stereocenters. The van der Waals surface area contributed by atoms with Gasteiger partial charge in [-0.25, -0.2) is 18.0 Å². The molecule has 1 aromatic carbocycles. The summed E-state index contributed by atoms with van der Waals surface area (Å²) < 4.78 is 48.2. The van der Waals surface area contributed by atoms with Gasteiger partial charge in [0, 0.05) is 36.5 Å². The fraction of sp³-hybridized carbons (Fsp3) is 0.583. The number of urea groups is 1. The molecule has 1 aliphatic carbocycles. The van der Waals surface area contributed by atoms with Crippen molar-refractivity contribution in [3.63, 3.8) is 0 Å². The maximum Gasteiger partial charge on any atom is 0.317 e. The Labute approximate surface area is 191 Å². The molecule has 1 aromatic heterocycles. The Morgan fingerprint density at radius 2 is 1.91 bits per heavy atom. The first-order valence-corrected chi connectivity index (χ1v) is 11.8. The lowest BCUT2D eigenvalue weighted by molar-refractivity contribution is -0.0173. The lowest BCUT2D eigenvalue weighted by Gasteiger charge is -2.41. The number of aromatic nitrogens is 2. The molecule has 180 valence electrons. The molecule has 2 unspecified atom stereocenters. The number of amides is 2. The number of rotatable bonds is 6. The topological polar surface area (TPSA) is 70.2 Å². The molecule has 1 saturated carbocycles. The number of piperidine rings is 1. The van der Waals surface area contributed by atoms with E-state index in [2.05, 4.69) is 15.5 Å². The van der Waals surface area contributed by atoms with E-state index in [9.17, 15) is 18.0 Å². The predicted octanol–water partition coefficient (Wildman–Crippen LogP) is 4.85. The Bertz CT molecular complexity index is 932. The molecule has 33 heavy (non-hydrogen) atoms. The molecule has 1 saturated heterocycles. The number of halogens is 3. The second-order valence-electron chi connectivity index (χ2n) is 8.92. The number of nitrogens with zero attached hydrogens (tertiary/aromatic N) is 2. The van der Waals surface area contributed by atoms with Gasteiger partial charge in [0.05, 0.1) is 18.8 Å². The number of likely N-dealkylation sites (tertiary alicyclic amines) is 1. The number of aromatic amines is 1. The van der Waals surface area contributed by atoms with Gasteiger partial charge >= 0.3 is 6.03 Å². The van der Waals surface area contributed by atoms with Crippen LogP contribution >= 0.6 is 0 Å². The first kappa shape index (κ1) is 23.6. The lowest BCUT2D eigenvalue weighted by atomic mass is 9.82. The van der Waals surface area contributed by atoms with Crippen LogP contribution in [0.25, 0.3) is 0 Å². The van der Waals surface area contributed by atoms with Gasteiger partial charge in [0.25, 0.3) is 0 Å². The molecule has 1 aliphatic heterocycles. The van der Waals surface area contributed by atoms with E-state index in [-0.39, 0.29) is 35.6 Å². The molecule has 9 heteroatoms. The highest BCUT2D eigenvalue weighted by Crippen LogP contribution is 2.38. The average Bonchev–Trinajstić information content (AvgIpc) is 3.36. The number of hydrogen-bond donors (Lipinski definition) is 2. The lowest BCUT2D eigenvalue weighted by Crippen LogP contribution is -2.53. The Hall–Kier alpha value is -2.55. The zero-order chi connectivity index (χ0) is 23.4. The van der Waals surface area contributed by atoms with E-state index in [0.717, 1.165) is 30.7 Å². The highest BCUT2D eigenvalue weighted by atomic mass is 19.2. The van der Waals surface area contributed by atoms with Crippen molar-refractivity contribution >= 4 is 6.03 Å². The predicted molar refractivity (Wildman–Crippen MR) is 117 cm³/mol. The molecule has 4 rings (SSSR count). The van der Waals surface area contributed by atoms with Crippen LogP contribution in [0.1, 0.15) is 68.5 Å². The standard InChI is InChI=1S/C24H31F3N4O2/c1-2-28-24(32)31-13-3-4-17(20-11-12-29-30-20)21(31)14-33-16-7-5-15(6-8-16)22-18(25)9-10-19(26)23(22)27/h9-12,15-17,21H,2-8,13-14H2,1H3,(H,28,32)(H,29,30). The monoisotopic (exact) mass is 464 g/mol. The van der Waals surface area contributed by atoms with Gasteiger partial charge in [0.15, 0.2) is 11.6 Å². The van der Waals surface area contributed by atoms with Crippen LogP contribution in [-0.4, -0.2) is 53.0 Å². The summed E-state index contributed by atoms with van der Waals surface area (Å²) in [5.74, 6) is -3.06. The normalized spacial score (nSPS) is 25.8. The van der Waals surface area contributed by atoms with Crippen molar-refractivity contribution in [2.75, 3.05) is 19.7 Å². The maximum atomic E-state index is 14.2. The summed E-state index contributed by atoms with van der Waals surface area (Å²) in [5.41, 5.74) is 0.834. The number of hydrogen-bond acceptors (Lipinski definition) is 3. The van der Waals surface area contributed by atoms with E-state index in [1.165, 1.54) is 0 Å². The highest BCUT2D eigenvalue weighted by Gasteiger charge is 2.37. The van der Waals surface area contributed by atoms with Gasteiger partial charge in [0.2, 0.25) is 0 Å². The van der Waals surface area contributed by atoms with E-state index < -0.39 is 17.5 Å². The molecule has 2 aliphatic rings. The van der Waals surface area contributed by atoms with E-state index in [4.69, 9.17) is 4.74 Å². The molecule has 2 aromatic rings. The zero-order valence-corrected chi connectivity index (χ0v) is 18.8. The fourth-order valence-electron chi connectivity index (χ4n) is 5.27. The Balaban J connectivity index is 1.40. The van der Waals surface area contributed by atoms with Crippen molar-refractivity contribution in [2.24, 2.45) is 0 Å². The summed E-state index contributed by atoms with van der Waals surface area (Å²) in [7, 11) is 0. The minimum atomic E-state index is -1.08. The number of ether oxygens (including phenoxy) is 1. The summed E-state index contributed by atoms with van der Waals surface area (Å²) in [5, 5.41) is 10.0. The summed E-state index contributed by atoms with van der Waals surface area (Å²) in [6, 6.07) is 3.51. The molecular formula is C24H31F3N4O2. The Kier molecular flexibility index (Phi) is 7.57. The number of carbonyl (C=O) groups is 1. The quantitative estimate of drug-likeness (QED) is 0.601. The van der Waals surface area contributed by atoms with Crippen molar-refractivity contribution in [1.29, 1.82) is 0 Å². The van der Waals surface area contributed by atoms with Crippen LogP contribution in [-0.2, 0) is 4.74 Å². The van der Waals surface area contributed by atoms with Gasteiger partial charge in [-0.15, -0.1) is 0 Å². The molecule has 6 nitrogen and oxygen atoms in total. The van der Waals surface area contributed by atoms with Gasteiger partial charge in [-0.2, -0.15) is 5.10 Å². The number of carbonyl (C=O) groups excluding carboxylic acids is 1. The van der Waals surface area contributed by atoms with E-state index in [1.807, 2.05) is 17.9 Å². The number of benzene rings is 1. The molecule has 0 radical (unpaired) electrons. The summed E-state index contributed by atoms with van der Waals surface area (Å²) >= 11 is 0. The minimum Gasteiger partial charge on any atom is -0.376 e. The molecule has 2 N–H and O–H groups in total. The second kappa shape index (κ2) is 10.6. The van der Waals surface area contributed by atoms with Crippen LogP contribution < -0.4 is 5.32 Å². The molecule has 2 heterocycles. The third-order valence-electron chi connectivity index (χ3n) is 6.95. The fourth-order valence-corrected chi connectivity index (χ4v) is 5.27. The summed E-state index contributed by atoms with van der Waals surface area (Å²) in [6.45, 7) is 3.48. The zero-order valence-electron chi connectivity index (χ0n) is 18.8. The van der Waals surface area contributed by atoms with Crippen molar-refractivity contribution < 1.29 is 22.7 Å². The third-order valence-corrected chi connectivity index (χ3v) is 6.95. The van der Waals surface area contributed by atoms with E-state index >= 15 is 0 Å². The van der Waals surface area contributed by atoms with Gasteiger partial charge in [-0.3, -0.25) is 5.10 Å². The smallest absolute Gasteiger partial charge is 0.317 e. The first-order chi connectivity index (χ1) is 16.0. The van der Waals surface area contributed by atoms with Crippen LogP contribution in [0.3, 0.4) is 0 Å². The maximum absolute atomic E-state index is 14.2. The molecule has 2 amide bonds. The van der Waals surface area contributed by atoms with Gasteiger partial charge < -0.3 is 15.0 Å². The van der Waals surface area contributed by atoms with E-state index in [0.29, 0.717) is 45.4 Å². The number of nitrogens with one attached hydrogen (secondary N) is 2.